The van der Waals surface area contributed by atoms with E-state index in [1.165, 1.54) is 38.8 Å². The second-order valence-electron chi connectivity index (χ2n) is 6.62. The van der Waals surface area contributed by atoms with Crippen molar-refractivity contribution in [1.82, 2.24) is 10.2 Å². The van der Waals surface area contributed by atoms with E-state index in [1.54, 1.807) is 0 Å². The summed E-state index contributed by atoms with van der Waals surface area (Å²) < 4.78 is 0. The van der Waals surface area contributed by atoms with Crippen molar-refractivity contribution in [2.45, 2.75) is 64.0 Å². The van der Waals surface area contributed by atoms with Crippen LogP contribution in [0.4, 0.5) is 0 Å². The average Bonchev–Trinajstić information content (AvgIpc) is 2.40. The van der Waals surface area contributed by atoms with Crippen LogP contribution in [0.15, 0.2) is 0 Å². The van der Waals surface area contributed by atoms with Crippen molar-refractivity contribution in [3.8, 4) is 0 Å². The lowest BCUT2D eigenvalue weighted by Crippen LogP contribution is -2.54. The van der Waals surface area contributed by atoms with Gasteiger partial charge in [0.25, 0.3) is 0 Å². The van der Waals surface area contributed by atoms with Crippen LogP contribution < -0.4 is 5.32 Å². The molecular weight excluding hydrogens is 224 g/mol. The van der Waals surface area contributed by atoms with E-state index in [4.69, 9.17) is 0 Å². The number of rotatable bonds is 4. The van der Waals surface area contributed by atoms with Crippen LogP contribution in [0.1, 0.15) is 52.4 Å². The zero-order valence-corrected chi connectivity index (χ0v) is 12.1. The first-order valence-corrected chi connectivity index (χ1v) is 7.75. The maximum absolute atomic E-state index is 9.77. The summed E-state index contributed by atoms with van der Waals surface area (Å²) in [5.41, 5.74) is 0.0307. The predicted molar refractivity (Wildman–Crippen MR) is 75.7 cm³/mol. The molecule has 2 aliphatic rings. The Morgan fingerprint density at radius 1 is 1.33 bits per heavy atom. The number of nitrogens with zero attached hydrogens (tertiary/aromatic N) is 1. The molecule has 2 rings (SSSR count). The average molecular weight is 254 g/mol. The van der Waals surface area contributed by atoms with Crippen LogP contribution in [0.25, 0.3) is 0 Å². The summed E-state index contributed by atoms with van der Waals surface area (Å²) in [6.45, 7) is 8.47. The monoisotopic (exact) mass is 254 g/mol. The molecule has 3 nitrogen and oxygen atoms in total. The van der Waals surface area contributed by atoms with Crippen molar-refractivity contribution in [2.24, 2.45) is 5.92 Å². The zero-order valence-electron chi connectivity index (χ0n) is 12.1. The summed E-state index contributed by atoms with van der Waals surface area (Å²) >= 11 is 0. The first kappa shape index (κ1) is 14.3. The number of aliphatic hydroxyl groups excluding tert-OH is 1. The number of likely N-dealkylation sites (tertiary alicyclic amines) is 1. The third kappa shape index (κ3) is 3.46. The van der Waals surface area contributed by atoms with Gasteiger partial charge >= 0.3 is 0 Å². The van der Waals surface area contributed by atoms with Gasteiger partial charge in [-0.3, -0.25) is 0 Å². The van der Waals surface area contributed by atoms with Crippen molar-refractivity contribution < 1.29 is 5.11 Å². The van der Waals surface area contributed by atoms with Crippen molar-refractivity contribution in [3.05, 3.63) is 0 Å². The molecule has 0 spiro atoms. The lowest BCUT2D eigenvalue weighted by molar-refractivity contribution is 0.0706. The molecule has 18 heavy (non-hydrogen) atoms. The summed E-state index contributed by atoms with van der Waals surface area (Å²) in [5, 5.41) is 13.4. The van der Waals surface area contributed by atoms with Crippen LogP contribution >= 0.6 is 0 Å². The fourth-order valence-electron chi connectivity index (χ4n) is 3.69. The highest BCUT2D eigenvalue weighted by molar-refractivity contribution is 4.93. The molecule has 0 saturated carbocycles. The van der Waals surface area contributed by atoms with Gasteiger partial charge in [0.15, 0.2) is 0 Å². The van der Waals surface area contributed by atoms with Crippen LogP contribution in [0, 0.1) is 5.92 Å². The summed E-state index contributed by atoms with van der Waals surface area (Å²) in [4.78, 5) is 2.60. The topological polar surface area (TPSA) is 35.5 Å². The Morgan fingerprint density at radius 2 is 2.17 bits per heavy atom. The highest BCUT2D eigenvalue weighted by Gasteiger charge is 2.35. The quantitative estimate of drug-likeness (QED) is 0.805. The Kier molecular flexibility index (Phi) is 5.05. The van der Waals surface area contributed by atoms with E-state index in [-0.39, 0.29) is 5.54 Å². The number of aliphatic hydroxyl groups is 1. The second-order valence-corrected chi connectivity index (χ2v) is 6.62. The fraction of sp³-hybridized carbons (Fsp3) is 1.00. The van der Waals surface area contributed by atoms with Gasteiger partial charge in [0.1, 0.15) is 0 Å². The molecule has 2 saturated heterocycles. The van der Waals surface area contributed by atoms with E-state index >= 15 is 0 Å². The van der Waals surface area contributed by atoms with Crippen molar-refractivity contribution in [1.29, 1.82) is 0 Å². The fourth-order valence-corrected chi connectivity index (χ4v) is 3.69. The van der Waals surface area contributed by atoms with Gasteiger partial charge in [0.2, 0.25) is 0 Å². The first-order chi connectivity index (χ1) is 8.65. The molecule has 0 amide bonds. The van der Waals surface area contributed by atoms with Gasteiger partial charge in [-0.05, 0) is 65.0 Å². The summed E-state index contributed by atoms with van der Waals surface area (Å²) in [5.74, 6) is 0.763. The minimum absolute atomic E-state index is 0.0307. The number of hydrogen-bond donors (Lipinski definition) is 2. The van der Waals surface area contributed by atoms with E-state index in [0.717, 1.165) is 25.3 Å². The number of nitrogens with one attached hydrogen (secondary N) is 1. The Morgan fingerprint density at radius 3 is 2.78 bits per heavy atom. The van der Waals surface area contributed by atoms with Crippen molar-refractivity contribution in [3.63, 3.8) is 0 Å². The molecule has 2 aliphatic heterocycles. The molecule has 2 N–H and O–H groups in total. The summed E-state index contributed by atoms with van der Waals surface area (Å²) in [7, 11) is 0. The van der Waals surface area contributed by atoms with E-state index in [1.807, 2.05) is 0 Å². The summed E-state index contributed by atoms with van der Waals surface area (Å²) in [6.07, 6.45) is 7.52. The normalized spacial score (nSPS) is 35.0. The molecule has 0 aromatic rings. The predicted octanol–water partition coefficient (Wildman–Crippen LogP) is 2.00. The lowest BCUT2D eigenvalue weighted by Gasteiger charge is -2.43. The number of hydrogen-bond acceptors (Lipinski definition) is 3. The molecule has 3 heteroatoms. The largest absolute Gasteiger partial charge is 0.394 e. The van der Waals surface area contributed by atoms with Crippen molar-refractivity contribution >= 4 is 0 Å². The van der Waals surface area contributed by atoms with Gasteiger partial charge in [0.05, 0.1) is 6.61 Å². The number of piperidine rings is 2. The molecule has 0 aliphatic carbocycles. The molecule has 2 heterocycles. The maximum atomic E-state index is 9.77. The molecule has 106 valence electrons. The summed E-state index contributed by atoms with van der Waals surface area (Å²) in [6, 6.07) is 0.664. The van der Waals surface area contributed by atoms with Gasteiger partial charge < -0.3 is 15.3 Å². The van der Waals surface area contributed by atoms with Crippen LogP contribution in [-0.4, -0.2) is 47.8 Å². The molecule has 0 aromatic carbocycles. The highest BCUT2D eigenvalue weighted by Crippen LogP contribution is 2.31. The Labute approximate surface area is 112 Å². The molecule has 0 bridgehead atoms. The third-order valence-corrected chi connectivity index (χ3v) is 4.84. The van der Waals surface area contributed by atoms with E-state index < -0.39 is 0 Å². The Hall–Kier alpha value is -0.120. The Bertz CT molecular complexity index is 249. The van der Waals surface area contributed by atoms with Crippen LogP contribution in [0.2, 0.25) is 0 Å². The van der Waals surface area contributed by atoms with E-state index in [9.17, 15) is 5.11 Å². The molecule has 2 unspecified atom stereocenters. The minimum Gasteiger partial charge on any atom is -0.394 e. The molecule has 2 fully saturated rings. The third-order valence-electron chi connectivity index (χ3n) is 4.84. The highest BCUT2D eigenvalue weighted by atomic mass is 16.3. The molecule has 2 atom stereocenters. The van der Waals surface area contributed by atoms with Crippen LogP contribution in [-0.2, 0) is 0 Å². The van der Waals surface area contributed by atoms with Crippen molar-refractivity contribution in [2.75, 3.05) is 26.2 Å². The molecular formula is C15H30N2O. The van der Waals surface area contributed by atoms with E-state index in [0.29, 0.717) is 12.6 Å². The van der Waals surface area contributed by atoms with E-state index in [2.05, 4.69) is 24.1 Å². The SMILES string of the molecule is CC(C)N1CCCC(CC2(CO)CCCCN2)C1. The maximum Gasteiger partial charge on any atom is 0.0613 e. The first-order valence-electron chi connectivity index (χ1n) is 7.75. The molecule has 0 aromatic heterocycles. The van der Waals surface area contributed by atoms with Crippen LogP contribution in [0.3, 0.4) is 0 Å². The van der Waals surface area contributed by atoms with Gasteiger partial charge in [-0.15, -0.1) is 0 Å². The second kappa shape index (κ2) is 6.36. The smallest absolute Gasteiger partial charge is 0.0613 e. The minimum atomic E-state index is 0.0307. The standard InChI is InChI=1S/C15H30N2O/c1-13(2)17-9-5-6-14(11-17)10-15(12-18)7-3-4-8-16-15/h13-14,16,18H,3-12H2,1-2H3. The van der Waals surface area contributed by atoms with Gasteiger partial charge in [-0.1, -0.05) is 6.42 Å². The molecule has 0 radical (unpaired) electrons. The zero-order chi connectivity index (χ0) is 13.0. The van der Waals surface area contributed by atoms with Gasteiger partial charge in [-0.25, -0.2) is 0 Å². The van der Waals surface area contributed by atoms with Crippen LogP contribution in [0.5, 0.6) is 0 Å². The van der Waals surface area contributed by atoms with Gasteiger partial charge in [0, 0.05) is 18.1 Å². The lowest BCUT2D eigenvalue weighted by atomic mass is 9.79. The van der Waals surface area contributed by atoms with Gasteiger partial charge in [-0.2, -0.15) is 0 Å². The Balaban J connectivity index is 1.90.